The minimum atomic E-state index is -0.424. The molecule has 4 heteroatoms. The molecule has 1 atom stereocenters. The number of pyridine rings is 1. The number of nitrogens with zero attached hydrogens (tertiary/aromatic N) is 1. The summed E-state index contributed by atoms with van der Waals surface area (Å²) in [6.07, 6.45) is 0. The minimum absolute atomic E-state index is 0.0149. The summed E-state index contributed by atoms with van der Waals surface area (Å²) in [4.78, 5) is 12.5. The van der Waals surface area contributed by atoms with Gasteiger partial charge in [0.05, 0.1) is 12.6 Å². The second kappa shape index (κ2) is 6.59. The molecule has 0 fully saturated rings. The molecule has 0 amide bonds. The summed E-state index contributed by atoms with van der Waals surface area (Å²) in [7, 11) is 0. The first kappa shape index (κ1) is 15.3. The molecule has 1 unspecified atom stereocenters. The molecule has 0 bridgehead atoms. The molecule has 1 heterocycles. The zero-order valence-electron chi connectivity index (χ0n) is 12.8. The molecule has 2 aromatic rings. The van der Waals surface area contributed by atoms with Crippen molar-refractivity contribution in [1.82, 2.24) is 4.57 Å². The second-order valence-corrected chi connectivity index (χ2v) is 4.96. The van der Waals surface area contributed by atoms with Gasteiger partial charge in [0.15, 0.2) is 0 Å². The number of aryl methyl sites for hydroxylation is 1. The van der Waals surface area contributed by atoms with Gasteiger partial charge in [-0.2, -0.15) is 0 Å². The van der Waals surface area contributed by atoms with Gasteiger partial charge in [-0.05, 0) is 50.6 Å². The zero-order valence-corrected chi connectivity index (χ0v) is 12.8. The molecular weight excluding hydrogens is 264 g/mol. The monoisotopic (exact) mass is 286 g/mol. The van der Waals surface area contributed by atoms with Gasteiger partial charge >= 0.3 is 0 Å². The van der Waals surface area contributed by atoms with Gasteiger partial charge in [0.1, 0.15) is 5.75 Å². The van der Waals surface area contributed by atoms with Crippen molar-refractivity contribution in [3.8, 4) is 5.75 Å². The lowest BCUT2D eigenvalue weighted by Crippen LogP contribution is -2.29. The van der Waals surface area contributed by atoms with Crippen molar-refractivity contribution in [3.05, 3.63) is 63.6 Å². The van der Waals surface area contributed by atoms with E-state index >= 15 is 0 Å². The van der Waals surface area contributed by atoms with Crippen LogP contribution in [0.3, 0.4) is 0 Å². The predicted molar refractivity (Wildman–Crippen MR) is 84.8 cm³/mol. The van der Waals surface area contributed by atoms with E-state index in [1.54, 1.807) is 4.57 Å². The maximum absolute atomic E-state index is 12.5. The Morgan fingerprint density at radius 3 is 2.38 bits per heavy atom. The highest BCUT2D eigenvalue weighted by atomic mass is 16.5. The van der Waals surface area contributed by atoms with Gasteiger partial charge in [0.2, 0.25) is 0 Å². The molecule has 0 saturated carbocycles. The summed E-state index contributed by atoms with van der Waals surface area (Å²) in [6, 6.07) is 10.9. The largest absolute Gasteiger partial charge is 0.494 e. The fourth-order valence-electron chi connectivity index (χ4n) is 2.43. The van der Waals surface area contributed by atoms with Crippen molar-refractivity contribution in [3.63, 3.8) is 0 Å². The molecule has 1 aromatic heterocycles. The van der Waals surface area contributed by atoms with E-state index < -0.39 is 6.04 Å². The van der Waals surface area contributed by atoms with Gasteiger partial charge in [-0.3, -0.25) is 4.79 Å². The fraction of sp³-hybridized carbons (Fsp3) is 0.353. The first-order valence-electron chi connectivity index (χ1n) is 7.27. The van der Waals surface area contributed by atoms with Crippen LogP contribution in [0.1, 0.15) is 36.7 Å². The van der Waals surface area contributed by atoms with Crippen LogP contribution in [0.4, 0.5) is 0 Å². The number of rotatable bonds is 5. The van der Waals surface area contributed by atoms with Crippen LogP contribution in [0.2, 0.25) is 0 Å². The molecule has 21 heavy (non-hydrogen) atoms. The summed E-state index contributed by atoms with van der Waals surface area (Å²) in [6.45, 7) is 7.11. The highest BCUT2D eigenvalue weighted by molar-refractivity contribution is 5.34. The van der Waals surface area contributed by atoms with Crippen molar-refractivity contribution in [1.29, 1.82) is 0 Å². The molecular formula is C17H22N2O2. The Morgan fingerprint density at radius 1 is 1.14 bits per heavy atom. The van der Waals surface area contributed by atoms with Crippen LogP contribution in [-0.4, -0.2) is 11.2 Å². The number of ether oxygens (including phenoxy) is 1. The molecule has 0 aliphatic carbocycles. The lowest BCUT2D eigenvalue weighted by atomic mass is 10.0. The maximum Gasteiger partial charge on any atom is 0.255 e. The Morgan fingerprint density at radius 2 is 1.81 bits per heavy atom. The van der Waals surface area contributed by atoms with Gasteiger partial charge in [0, 0.05) is 17.8 Å². The van der Waals surface area contributed by atoms with E-state index in [0.717, 1.165) is 17.0 Å². The summed E-state index contributed by atoms with van der Waals surface area (Å²) < 4.78 is 7.16. The van der Waals surface area contributed by atoms with Gasteiger partial charge in [0.25, 0.3) is 5.56 Å². The molecule has 1 aromatic carbocycles. The van der Waals surface area contributed by atoms with Crippen molar-refractivity contribution >= 4 is 0 Å². The predicted octanol–water partition coefficient (Wildman–Crippen LogP) is 2.62. The van der Waals surface area contributed by atoms with Gasteiger partial charge in [-0.15, -0.1) is 0 Å². The Bertz CT molecular complexity index is 659. The number of aromatic nitrogens is 1. The van der Waals surface area contributed by atoms with E-state index in [-0.39, 0.29) is 5.56 Å². The average Bonchev–Trinajstić information content (AvgIpc) is 2.48. The summed E-state index contributed by atoms with van der Waals surface area (Å²) in [5.74, 6) is 0.809. The number of hydrogen-bond acceptors (Lipinski definition) is 3. The van der Waals surface area contributed by atoms with Crippen molar-refractivity contribution in [2.75, 3.05) is 6.61 Å². The molecule has 4 nitrogen and oxygen atoms in total. The topological polar surface area (TPSA) is 57.2 Å². The highest BCUT2D eigenvalue weighted by Gasteiger charge is 2.14. The molecule has 0 radical (unpaired) electrons. The standard InChI is InChI=1S/C17H22N2O2/c1-4-19-12(3)6-11-15(17(19)20)16(18)13-7-9-14(10-8-13)21-5-2/h6-11,16H,4-5,18H2,1-3H3. The van der Waals surface area contributed by atoms with E-state index in [9.17, 15) is 4.79 Å². The van der Waals surface area contributed by atoms with Crippen molar-refractivity contribution in [2.45, 2.75) is 33.4 Å². The van der Waals surface area contributed by atoms with E-state index in [1.165, 1.54) is 0 Å². The van der Waals surface area contributed by atoms with E-state index in [1.807, 2.05) is 57.2 Å². The third-order valence-corrected chi connectivity index (χ3v) is 3.62. The van der Waals surface area contributed by atoms with Gasteiger partial charge < -0.3 is 15.0 Å². The van der Waals surface area contributed by atoms with Crippen LogP contribution in [0, 0.1) is 6.92 Å². The van der Waals surface area contributed by atoms with Crippen LogP contribution in [0.25, 0.3) is 0 Å². The Kier molecular flexibility index (Phi) is 4.81. The third kappa shape index (κ3) is 3.16. The van der Waals surface area contributed by atoms with Crippen LogP contribution in [0.15, 0.2) is 41.2 Å². The fourth-order valence-corrected chi connectivity index (χ4v) is 2.43. The van der Waals surface area contributed by atoms with Crippen LogP contribution >= 0.6 is 0 Å². The molecule has 0 aliphatic rings. The van der Waals surface area contributed by atoms with Crippen molar-refractivity contribution < 1.29 is 4.74 Å². The first-order valence-corrected chi connectivity index (χ1v) is 7.27. The Labute approximate surface area is 125 Å². The Balaban J connectivity index is 2.36. The van der Waals surface area contributed by atoms with Gasteiger partial charge in [-0.25, -0.2) is 0 Å². The van der Waals surface area contributed by atoms with Crippen LogP contribution in [0.5, 0.6) is 5.75 Å². The lowest BCUT2D eigenvalue weighted by molar-refractivity contribution is 0.340. The summed E-state index contributed by atoms with van der Waals surface area (Å²) >= 11 is 0. The number of nitrogens with two attached hydrogens (primary N) is 1. The normalized spacial score (nSPS) is 12.2. The summed E-state index contributed by atoms with van der Waals surface area (Å²) in [5, 5.41) is 0. The lowest BCUT2D eigenvalue weighted by Gasteiger charge is -2.15. The first-order chi connectivity index (χ1) is 10.1. The average molecular weight is 286 g/mol. The number of hydrogen-bond donors (Lipinski definition) is 1. The maximum atomic E-state index is 12.5. The van der Waals surface area contributed by atoms with Gasteiger partial charge in [-0.1, -0.05) is 12.1 Å². The smallest absolute Gasteiger partial charge is 0.255 e. The zero-order chi connectivity index (χ0) is 15.4. The highest BCUT2D eigenvalue weighted by Crippen LogP contribution is 2.20. The molecule has 112 valence electrons. The van der Waals surface area contributed by atoms with E-state index in [2.05, 4.69) is 0 Å². The Hall–Kier alpha value is -2.07. The van der Waals surface area contributed by atoms with Crippen molar-refractivity contribution in [2.24, 2.45) is 5.73 Å². The molecule has 2 rings (SSSR count). The SMILES string of the molecule is CCOc1ccc(C(N)c2ccc(C)n(CC)c2=O)cc1. The van der Waals surface area contributed by atoms with E-state index in [0.29, 0.717) is 18.7 Å². The molecule has 0 spiro atoms. The molecule has 2 N–H and O–H groups in total. The third-order valence-electron chi connectivity index (χ3n) is 3.62. The number of benzene rings is 1. The summed E-state index contributed by atoms with van der Waals surface area (Å²) in [5.41, 5.74) is 8.72. The molecule has 0 saturated heterocycles. The second-order valence-electron chi connectivity index (χ2n) is 4.96. The quantitative estimate of drug-likeness (QED) is 0.919. The van der Waals surface area contributed by atoms with Crippen LogP contribution in [-0.2, 0) is 6.54 Å². The van der Waals surface area contributed by atoms with E-state index in [4.69, 9.17) is 10.5 Å². The minimum Gasteiger partial charge on any atom is -0.494 e. The van der Waals surface area contributed by atoms with Crippen LogP contribution < -0.4 is 16.0 Å². The molecule has 0 aliphatic heterocycles.